The molecule has 0 aromatic heterocycles. The molecule has 1 saturated heterocycles. The Morgan fingerprint density at radius 3 is 2.50 bits per heavy atom. The lowest BCUT2D eigenvalue weighted by Crippen LogP contribution is -2.47. The first-order valence-electron chi connectivity index (χ1n) is 6.62. The van der Waals surface area contributed by atoms with E-state index in [1.165, 1.54) is 6.08 Å². The predicted molar refractivity (Wildman–Crippen MR) is 78.7 cm³/mol. The zero-order valence-corrected chi connectivity index (χ0v) is 11.6. The SMILES string of the molecule is C=CC(=O)Nc1ccccc1C(=O)N1CCN(C)CC1. The van der Waals surface area contributed by atoms with Gasteiger partial charge in [0.1, 0.15) is 0 Å². The van der Waals surface area contributed by atoms with Crippen LogP contribution in [-0.2, 0) is 4.79 Å². The van der Waals surface area contributed by atoms with E-state index < -0.39 is 0 Å². The summed E-state index contributed by atoms with van der Waals surface area (Å²) >= 11 is 0. The first kappa shape index (κ1) is 14.3. The minimum atomic E-state index is -0.316. The number of benzene rings is 1. The first-order chi connectivity index (χ1) is 9.61. The lowest BCUT2D eigenvalue weighted by atomic mass is 10.1. The smallest absolute Gasteiger partial charge is 0.256 e. The van der Waals surface area contributed by atoms with Crippen molar-refractivity contribution in [2.24, 2.45) is 0 Å². The lowest BCUT2D eigenvalue weighted by molar-refractivity contribution is -0.111. The molecule has 2 amide bonds. The minimum absolute atomic E-state index is 0.0435. The van der Waals surface area contributed by atoms with Gasteiger partial charge in [0.25, 0.3) is 5.91 Å². The Kier molecular flexibility index (Phi) is 4.53. The van der Waals surface area contributed by atoms with Gasteiger partial charge in [0.15, 0.2) is 0 Å². The molecule has 0 bridgehead atoms. The molecule has 0 radical (unpaired) electrons. The molecule has 0 aliphatic carbocycles. The first-order valence-corrected chi connectivity index (χ1v) is 6.62. The number of anilines is 1. The Bertz CT molecular complexity index is 520. The van der Waals surface area contributed by atoms with Crippen molar-refractivity contribution < 1.29 is 9.59 Å². The maximum Gasteiger partial charge on any atom is 0.256 e. The minimum Gasteiger partial charge on any atom is -0.336 e. The summed E-state index contributed by atoms with van der Waals surface area (Å²) in [5, 5.41) is 2.67. The normalized spacial score (nSPS) is 15.8. The van der Waals surface area contributed by atoms with Crippen molar-refractivity contribution in [1.29, 1.82) is 0 Å². The van der Waals surface area contributed by atoms with E-state index in [1.807, 2.05) is 11.9 Å². The molecule has 1 fully saturated rings. The van der Waals surface area contributed by atoms with Gasteiger partial charge < -0.3 is 15.1 Å². The van der Waals surface area contributed by atoms with Gasteiger partial charge in [0.2, 0.25) is 5.91 Å². The molecule has 5 heteroatoms. The van der Waals surface area contributed by atoms with Crippen molar-refractivity contribution in [1.82, 2.24) is 9.80 Å². The maximum atomic E-state index is 12.5. The molecular formula is C15H19N3O2. The number of hydrogen-bond donors (Lipinski definition) is 1. The van der Waals surface area contributed by atoms with E-state index in [2.05, 4.69) is 16.8 Å². The number of piperazine rings is 1. The highest BCUT2D eigenvalue weighted by Crippen LogP contribution is 2.18. The molecule has 20 heavy (non-hydrogen) atoms. The topological polar surface area (TPSA) is 52.7 Å². The van der Waals surface area contributed by atoms with Crippen molar-refractivity contribution in [3.05, 3.63) is 42.5 Å². The van der Waals surface area contributed by atoms with Gasteiger partial charge in [-0.3, -0.25) is 9.59 Å². The quantitative estimate of drug-likeness (QED) is 0.842. The Balaban J connectivity index is 2.17. The summed E-state index contributed by atoms with van der Waals surface area (Å²) in [6.07, 6.45) is 1.19. The highest BCUT2D eigenvalue weighted by Gasteiger charge is 2.22. The van der Waals surface area contributed by atoms with Crippen LogP contribution in [0.5, 0.6) is 0 Å². The van der Waals surface area contributed by atoms with Gasteiger partial charge in [0.05, 0.1) is 11.3 Å². The molecule has 0 saturated carbocycles. The predicted octanol–water partition coefficient (Wildman–Crippen LogP) is 1.20. The van der Waals surface area contributed by atoms with E-state index in [4.69, 9.17) is 0 Å². The van der Waals surface area contributed by atoms with Gasteiger partial charge in [-0.15, -0.1) is 0 Å². The summed E-state index contributed by atoms with van der Waals surface area (Å²) < 4.78 is 0. The van der Waals surface area contributed by atoms with Crippen LogP contribution in [0, 0.1) is 0 Å². The summed E-state index contributed by atoms with van der Waals surface area (Å²) in [4.78, 5) is 27.9. The molecule has 5 nitrogen and oxygen atoms in total. The molecule has 0 atom stereocenters. The van der Waals surface area contributed by atoms with E-state index in [0.717, 1.165) is 13.1 Å². The highest BCUT2D eigenvalue weighted by molar-refractivity contribution is 6.06. The fraction of sp³-hybridized carbons (Fsp3) is 0.333. The third-order valence-electron chi connectivity index (χ3n) is 3.39. The molecule has 1 aliphatic heterocycles. The number of carbonyl (C=O) groups is 2. The van der Waals surface area contributed by atoms with Crippen LogP contribution in [0.3, 0.4) is 0 Å². The molecule has 1 aromatic rings. The molecule has 106 valence electrons. The third-order valence-corrected chi connectivity index (χ3v) is 3.39. The average Bonchev–Trinajstić information content (AvgIpc) is 2.48. The van der Waals surface area contributed by atoms with Crippen LogP contribution in [0.25, 0.3) is 0 Å². The molecular weight excluding hydrogens is 254 g/mol. The van der Waals surface area contributed by atoms with Crippen molar-refractivity contribution in [3.63, 3.8) is 0 Å². The van der Waals surface area contributed by atoms with E-state index in [1.54, 1.807) is 24.3 Å². The standard InChI is InChI=1S/C15H19N3O2/c1-3-14(19)16-13-7-5-4-6-12(13)15(20)18-10-8-17(2)9-11-18/h3-7H,1,8-11H2,2H3,(H,16,19). The van der Waals surface area contributed by atoms with Gasteiger partial charge in [0, 0.05) is 26.2 Å². The van der Waals surface area contributed by atoms with Crippen LogP contribution in [0.2, 0.25) is 0 Å². The number of para-hydroxylation sites is 1. The Hall–Kier alpha value is -2.14. The second-order valence-corrected chi connectivity index (χ2v) is 4.83. The van der Waals surface area contributed by atoms with Crippen LogP contribution in [-0.4, -0.2) is 54.8 Å². The molecule has 1 N–H and O–H groups in total. The Morgan fingerprint density at radius 2 is 1.85 bits per heavy atom. The van der Waals surface area contributed by atoms with Crippen LogP contribution in [0.4, 0.5) is 5.69 Å². The number of amides is 2. The number of nitrogens with zero attached hydrogens (tertiary/aromatic N) is 2. The zero-order chi connectivity index (χ0) is 14.5. The monoisotopic (exact) mass is 273 g/mol. The van der Waals surface area contributed by atoms with Gasteiger partial charge in [-0.25, -0.2) is 0 Å². The van der Waals surface area contributed by atoms with Crippen molar-refractivity contribution in [2.75, 3.05) is 38.5 Å². The Labute approximate surface area is 118 Å². The van der Waals surface area contributed by atoms with Gasteiger partial charge in [-0.1, -0.05) is 18.7 Å². The number of hydrogen-bond acceptors (Lipinski definition) is 3. The average molecular weight is 273 g/mol. The summed E-state index contributed by atoms with van der Waals surface area (Å²) in [5.41, 5.74) is 1.05. The molecule has 0 unspecified atom stereocenters. The molecule has 1 aliphatic rings. The number of nitrogens with one attached hydrogen (secondary N) is 1. The largest absolute Gasteiger partial charge is 0.336 e. The van der Waals surface area contributed by atoms with Gasteiger partial charge in [-0.05, 0) is 25.3 Å². The van der Waals surface area contributed by atoms with Crippen LogP contribution in [0.1, 0.15) is 10.4 Å². The van der Waals surface area contributed by atoms with Crippen LogP contribution < -0.4 is 5.32 Å². The van der Waals surface area contributed by atoms with Crippen molar-refractivity contribution in [3.8, 4) is 0 Å². The molecule has 1 aromatic carbocycles. The third kappa shape index (κ3) is 3.24. The highest BCUT2D eigenvalue weighted by atomic mass is 16.2. The number of carbonyl (C=O) groups excluding carboxylic acids is 2. The summed E-state index contributed by atoms with van der Waals surface area (Å²) in [7, 11) is 2.04. The van der Waals surface area contributed by atoms with Crippen LogP contribution >= 0.6 is 0 Å². The second-order valence-electron chi connectivity index (χ2n) is 4.83. The summed E-state index contributed by atoms with van der Waals surface area (Å²) in [5.74, 6) is -0.360. The zero-order valence-electron chi connectivity index (χ0n) is 11.6. The lowest BCUT2D eigenvalue weighted by Gasteiger charge is -2.32. The van der Waals surface area contributed by atoms with Gasteiger partial charge in [-0.2, -0.15) is 0 Å². The van der Waals surface area contributed by atoms with Crippen molar-refractivity contribution in [2.45, 2.75) is 0 Å². The second kappa shape index (κ2) is 6.34. The molecule has 0 spiro atoms. The van der Waals surface area contributed by atoms with E-state index in [0.29, 0.717) is 24.3 Å². The molecule has 2 rings (SSSR count). The fourth-order valence-electron chi connectivity index (χ4n) is 2.14. The van der Waals surface area contributed by atoms with E-state index in [9.17, 15) is 9.59 Å². The van der Waals surface area contributed by atoms with Crippen LogP contribution in [0.15, 0.2) is 36.9 Å². The van der Waals surface area contributed by atoms with Gasteiger partial charge >= 0.3 is 0 Å². The van der Waals surface area contributed by atoms with Crippen molar-refractivity contribution >= 4 is 17.5 Å². The fourth-order valence-corrected chi connectivity index (χ4v) is 2.14. The summed E-state index contributed by atoms with van der Waals surface area (Å²) in [6, 6.07) is 7.05. The summed E-state index contributed by atoms with van der Waals surface area (Å²) in [6.45, 7) is 6.57. The Morgan fingerprint density at radius 1 is 1.20 bits per heavy atom. The number of rotatable bonds is 3. The van der Waals surface area contributed by atoms with E-state index in [-0.39, 0.29) is 11.8 Å². The van der Waals surface area contributed by atoms with E-state index >= 15 is 0 Å². The number of likely N-dealkylation sites (N-methyl/N-ethyl adjacent to an activating group) is 1. The molecule has 1 heterocycles. The maximum absolute atomic E-state index is 12.5.